The molecule has 0 radical (unpaired) electrons. The third-order valence-electron chi connectivity index (χ3n) is 4.58. The van der Waals surface area contributed by atoms with Crippen molar-refractivity contribution >= 4 is 65.5 Å². The Labute approximate surface area is 193 Å². The summed E-state index contributed by atoms with van der Waals surface area (Å²) >= 11 is 4.51. The van der Waals surface area contributed by atoms with Crippen LogP contribution in [0.3, 0.4) is 0 Å². The Morgan fingerprint density at radius 1 is 1.10 bits per heavy atom. The topological polar surface area (TPSA) is 67.3 Å². The van der Waals surface area contributed by atoms with Crippen molar-refractivity contribution in [3.63, 3.8) is 0 Å². The third kappa shape index (κ3) is 5.54. The number of hydrogen-bond acceptors (Lipinski definition) is 7. The lowest BCUT2D eigenvalue weighted by Gasteiger charge is -2.19. The number of aromatic nitrogens is 1. The van der Waals surface area contributed by atoms with Crippen LogP contribution in [0.1, 0.15) is 4.88 Å². The van der Waals surface area contributed by atoms with E-state index in [4.69, 9.17) is 0 Å². The van der Waals surface area contributed by atoms with Gasteiger partial charge in [0.05, 0.1) is 20.9 Å². The van der Waals surface area contributed by atoms with E-state index in [1.165, 1.54) is 34.2 Å². The summed E-state index contributed by atoms with van der Waals surface area (Å²) in [5.41, 5.74) is 0.692. The number of anilines is 1. The van der Waals surface area contributed by atoms with Gasteiger partial charge in [-0.1, -0.05) is 35.6 Å². The van der Waals surface area contributed by atoms with Crippen molar-refractivity contribution in [3.8, 4) is 0 Å². The maximum atomic E-state index is 13.2. The molecule has 0 bridgehead atoms. The highest BCUT2D eigenvalue weighted by Gasteiger charge is 2.21. The average molecular weight is 489 g/mol. The molecule has 160 valence electrons. The van der Waals surface area contributed by atoms with Crippen molar-refractivity contribution in [2.75, 3.05) is 23.5 Å². The van der Waals surface area contributed by atoms with E-state index in [9.17, 15) is 13.2 Å². The monoisotopic (exact) mass is 488 g/mol. The molecule has 0 saturated heterocycles. The summed E-state index contributed by atoms with van der Waals surface area (Å²) in [7, 11) is -3.30. The smallest absolute Gasteiger partial charge is 0.239 e. The minimum Gasteiger partial charge on any atom is -0.287 e. The molecule has 5 nitrogen and oxygen atoms in total. The maximum absolute atomic E-state index is 13.2. The first-order chi connectivity index (χ1) is 14.9. The van der Waals surface area contributed by atoms with Gasteiger partial charge >= 0.3 is 0 Å². The van der Waals surface area contributed by atoms with E-state index >= 15 is 0 Å². The van der Waals surface area contributed by atoms with E-state index in [0.29, 0.717) is 22.9 Å². The number of carbonyl (C=O) groups excluding carboxylic acids is 1. The Morgan fingerprint density at radius 2 is 1.90 bits per heavy atom. The zero-order valence-electron chi connectivity index (χ0n) is 16.7. The normalized spacial score (nSPS) is 11.6. The van der Waals surface area contributed by atoms with Gasteiger partial charge in [-0.3, -0.25) is 9.69 Å². The quantitative estimate of drug-likeness (QED) is 0.322. The number of thioether (sulfide) groups is 1. The molecule has 0 aliphatic heterocycles. The van der Waals surface area contributed by atoms with Crippen LogP contribution in [0.25, 0.3) is 10.2 Å². The van der Waals surface area contributed by atoms with E-state index in [2.05, 4.69) is 11.1 Å². The number of nitrogens with zero attached hydrogens (tertiary/aromatic N) is 2. The fraction of sp³-hybridized carbons (Fsp3) is 0.182. The summed E-state index contributed by atoms with van der Waals surface area (Å²) in [4.78, 5) is 22.0. The number of thiazole rings is 1. The van der Waals surface area contributed by atoms with Gasteiger partial charge in [0.1, 0.15) is 0 Å². The number of amides is 1. The molecule has 0 atom stereocenters. The fourth-order valence-corrected chi connectivity index (χ4v) is 6.25. The van der Waals surface area contributed by atoms with Gasteiger partial charge in [-0.15, -0.1) is 23.1 Å². The van der Waals surface area contributed by atoms with Crippen LogP contribution in [0.2, 0.25) is 0 Å². The Balaban J connectivity index is 1.60. The largest absolute Gasteiger partial charge is 0.287 e. The Bertz CT molecular complexity index is 1280. The minimum atomic E-state index is -3.30. The van der Waals surface area contributed by atoms with Crippen LogP contribution in [0.15, 0.2) is 75.8 Å². The molecule has 0 saturated carbocycles. The van der Waals surface area contributed by atoms with Crippen molar-refractivity contribution < 1.29 is 13.2 Å². The van der Waals surface area contributed by atoms with Gasteiger partial charge in [0.15, 0.2) is 15.0 Å². The van der Waals surface area contributed by atoms with E-state index in [1.807, 2.05) is 41.8 Å². The van der Waals surface area contributed by atoms with Crippen LogP contribution in [-0.2, 0) is 21.1 Å². The predicted molar refractivity (Wildman–Crippen MR) is 130 cm³/mol. The highest BCUT2D eigenvalue weighted by atomic mass is 32.2. The number of carbonyl (C=O) groups is 1. The average Bonchev–Trinajstić information content (AvgIpc) is 3.41. The fourth-order valence-electron chi connectivity index (χ4n) is 2.98. The van der Waals surface area contributed by atoms with Gasteiger partial charge in [-0.2, -0.15) is 0 Å². The van der Waals surface area contributed by atoms with Crippen LogP contribution >= 0.6 is 34.4 Å². The number of fused-ring (bicyclic) bond motifs is 1. The molecule has 0 aliphatic rings. The second-order valence-corrected chi connectivity index (χ2v) is 12.0. The van der Waals surface area contributed by atoms with E-state index in [0.717, 1.165) is 16.0 Å². The third-order valence-corrected chi connectivity index (χ3v) is 8.66. The second-order valence-electron chi connectivity index (χ2n) is 6.87. The molecule has 0 N–H and O–H groups in total. The molecule has 4 aromatic rings. The number of rotatable bonds is 8. The molecule has 4 rings (SSSR count). The SMILES string of the molecule is CS(=O)(=O)c1ccc2nc(N(CCc3cccs3)C(=O)CSc3ccccc3)sc2c1. The molecule has 2 aromatic heterocycles. The first-order valence-electron chi connectivity index (χ1n) is 9.51. The molecule has 31 heavy (non-hydrogen) atoms. The lowest BCUT2D eigenvalue weighted by atomic mass is 10.3. The van der Waals surface area contributed by atoms with E-state index in [-0.39, 0.29) is 10.8 Å². The Kier molecular flexibility index (Phi) is 6.76. The van der Waals surface area contributed by atoms with Gasteiger partial charge in [-0.25, -0.2) is 13.4 Å². The molecule has 2 heterocycles. The van der Waals surface area contributed by atoms with Crippen molar-refractivity contribution in [2.24, 2.45) is 0 Å². The predicted octanol–water partition coefficient (Wildman–Crippen LogP) is 5.13. The first-order valence-corrected chi connectivity index (χ1v) is 14.1. The summed E-state index contributed by atoms with van der Waals surface area (Å²) in [5.74, 6) is 0.284. The van der Waals surface area contributed by atoms with Gasteiger partial charge in [0, 0.05) is 22.6 Å². The molecule has 9 heteroatoms. The summed E-state index contributed by atoms with van der Waals surface area (Å²) < 4.78 is 24.5. The lowest BCUT2D eigenvalue weighted by Crippen LogP contribution is -2.34. The molecule has 1 amide bonds. The molecule has 0 fully saturated rings. The Morgan fingerprint density at radius 3 is 2.61 bits per heavy atom. The highest BCUT2D eigenvalue weighted by Crippen LogP contribution is 2.32. The Hall–Kier alpha value is -2.20. The van der Waals surface area contributed by atoms with Crippen molar-refractivity contribution in [1.82, 2.24) is 4.98 Å². The zero-order chi connectivity index (χ0) is 21.8. The standard InChI is InChI=1S/C22H20N2O3S4/c1-31(26,27)18-9-10-19-20(14-18)30-22(23-19)24(12-11-17-8-5-13-28-17)21(25)15-29-16-6-3-2-4-7-16/h2-10,13-14H,11-12,15H2,1H3. The number of sulfone groups is 1. The highest BCUT2D eigenvalue weighted by molar-refractivity contribution is 8.00. The summed E-state index contributed by atoms with van der Waals surface area (Å²) in [6.07, 6.45) is 1.93. The maximum Gasteiger partial charge on any atom is 0.239 e. The van der Waals surface area contributed by atoms with Crippen LogP contribution < -0.4 is 4.90 Å². The van der Waals surface area contributed by atoms with Crippen LogP contribution in [0.4, 0.5) is 5.13 Å². The molecular weight excluding hydrogens is 469 g/mol. The zero-order valence-corrected chi connectivity index (χ0v) is 20.0. The molecule has 2 aromatic carbocycles. The molecular formula is C22H20N2O3S4. The van der Waals surface area contributed by atoms with Gasteiger partial charge < -0.3 is 0 Å². The van der Waals surface area contributed by atoms with Gasteiger partial charge in [0.25, 0.3) is 0 Å². The number of hydrogen-bond donors (Lipinski definition) is 0. The van der Waals surface area contributed by atoms with Crippen LogP contribution in [0.5, 0.6) is 0 Å². The summed E-state index contributed by atoms with van der Waals surface area (Å²) in [5, 5.41) is 2.62. The second kappa shape index (κ2) is 9.52. The number of thiophene rings is 1. The summed E-state index contributed by atoms with van der Waals surface area (Å²) in [6.45, 7) is 0.521. The molecule has 0 unspecified atom stereocenters. The van der Waals surface area contributed by atoms with Crippen LogP contribution in [-0.4, -0.2) is 37.9 Å². The summed E-state index contributed by atoms with van der Waals surface area (Å²) in [6, 6.07) is 18.8. The van der Waals surface area contributed by atoms with Crippen molar-refractivity contribution in [3.05, 3.63) is 70.9 Å². The van der Waals surface area contributed by atoms with Crippen molar-refractivity contribution in [2.45, 2.75) is 16.2 Å². The number of benzene rings is 2. The van der Waals surface area contributed by atoms with E-state index in [1.54, 1.807) is 34.4 Å². The molecule has 0 spiro atoms. The van der Waals surface area contributed by atoms with Crippen LogP contribution in [0, 0.1) is 0 Å². The van der Waals surface area contributed by atoms with E-state index < -0.39 is 9.84 Å². The van der Waals surface area contributed by atoms with Crippen molar-refractivity contribution in [1.29, 1.82) is 0 Å². The first kappa shape index (κ1) is 22.0. The van der Waals surface area contributed by atoms with Gasteiger partial charge in [-0.05, 0) is 48.2 Å². The van der Waals surface area contributed by atoms with Gasteiger partial charge in [0.2, 0.25) is 5.91 Å². The minimum absolute atomic E-state index is 0.0206. The molecule has 0 aliphatic carbocycles. The lowest BCUT2D eigenvalue weighted by molar-refractivity contribution is -0.116.